The van der Waals surface area contributed by atoms with E-state index in [2.05, 4.69) is 21.4 Å². The van der Waals surface area contributed by atoms with Gasteiger partial charge < -0.3 is 5.73 Å². The first-order valence-corrected chi connectivity index (χ1v) is 5.90. The van der Waals surface area contributed by atoms with Gasteiger partial charge in [-0.2, -0.15) is 0 Å². The first-order valence-electron chi connectivity index (χ1n) is 5.03. The number of nitrogens with two attached hydrogens (primary N) is 1. The predicted octanol–water partition coefficient (Wildman–Crippen LogP) is 2.28. The molecule has 2 aromatic rings. The molecule has 76 valence electrons. The molecule has 0 fully saturated rings. The Morgan fingerprint density at radius 2 is 2.27 bits per heavy atom. The Bertz CT molecular complexity index is 504. The van der Waals surface area contributed by atoms with Crippen LogP contribution in [0.15, 0.2) is 17.6 Å². The molecular weight excluding hydrogens is 206 g/mol. The van der Waals surface area contributed by atoms with Gasteiger partial charge in [0.15, 0.2) is 0 Å². The van der Waals surface area contributed by atoms with Crippen LogP contribution in [0.1, 0.15) is 16.9 Å². The molecule has 1 aliphatic rings. The van der Waals surface area contributed by atoms with Crippen LogP contribution in [0, 0.1) is 0 Å². The second kappa shape index (κ2) is 3.31. The third-order valence-corrected chi connectivity index (χ3v) is 3.71. The number of hydrogen-bond donors (Lipinski definition) is 1. The van der Waals surface area contributed by atoms with Gasteiger partial charge in [0.05, 0.1) is 5.69 Å². The molecule has 0 bridgehead atoms. The van der Waals surface area contributed by atoms with Crippen LogP contribution in [-0.4, -0.2) is 9.97 Å². The molecule has 0 atom stereocenters. The van der Waals surface area contributed by atoms with Crippen LogP contribution in [0.5, 0.6) is 0 Å². The maximum Gasteiger partial charge on any atom is 0.220 e. The lowest BCUT2D eigenvalue weighted by molar-refractivity contribution is 0.838. The van der Waals surface area contributed by atoms with E-state index in [-0.39, 0.29) is 0 Å². The maximum atomic E-state index is 5.64. The van der Waals surface area contributed by atoms with Crippen molar-refractivity contribution in [3.05, 3.63) is 28.1 Å². The van der Waals surface area contributed by atoms with E-state index in [1.54, 1.807) is 11.3 Å². The third-order valence-electron chi connectivity index (χ3n) is 2.73. The standard InChI is InChI=1S/C11H11N3S/c12-11-13-6-7-2-1-3-9-8(4-5-15-9)10(7)14-11/h4-6H,1-3H2,(H2,12,13,14). The van der Waals surface area contributed by atoms with Crippen LogP contribution in [0.3, 0.4) is 0 Å². The molecule has 0 spiro atoms. The quantitative estimate of drug-likeness (QED) is 0.736. The normalized spacial score (nSPS) is 14.1. The summed E-state index contributed by atoms with van der Waals surface area (Å²) < 4.78 is 0. The van der Waals surface area contributed by atoms with Gasteiger partial charge in [-0.15, -0.1) is 11.3 Å². The Morgan fingerprint density at radius 1 is 1.33 bits per heavy atom. The first kappa shape index (κ1) is 8.85. The fourth-order valence-corrected chi connectivity index (χ4v) is 2.94. The molecule has 15 heavy (non-hydrogen) atoms. The predicted molar refractivity (Wildman–Crippen MR) is 61.8 cm³/mol. The van der Waals surface area contributed by atoms with Crippen molar-refractivity contribution in [3.8, 4) is 11.3 Å². The average Bonchev–Trinajstić information content (AvgIpc) is 2.62. The SMILES string of the molecule is Nc1ncc2c(n1)-c1ccsc1CCC2. The largest absolute Gasteiger partial charge is 0.368 e. The van der Waals surface area contributed by atoms with Crippen molar-refractivity contribution in [2.45, 2.75) is 19.3 Å². The number of fused-ring (bicyclic) bond motifs is 3. The van der Waals surface area contributed by atoms with Gasteiger partial charge in [-0.1, -0.05) is 0 Å². The van der Waals surface area contributed by atoms with E-state index >= 15 is 0 Å². The minimum Gasteiger partial charge on any atom is -0.368 e. The molecule has 0 amide bonds. The minimum atomic E-state index is 0.368. The monoisotopic (exact) mass is 217 g/mol. The molecule has 0 radical (unpaired) electrons. The van der Waals surface area contributed by atoms with E-state index in [4.69, 9.17) is 5.73 Å². The highest BCUT2D eigenvalue weighted by molar-refractivity contribution is 7.10. The number of nitrogens with zero attached hydrogens (tertiary/aromatic N) is 2. The number of rotatable bonds is 0. The minimum absolute atomic E-state index is 0.368. The average molecular weight is 217 g/mol. The van der Waals surface area contributed by atoms with Crippen molar-refractivity contribution < 1.29 is 0 Å². The number of thiophene rings is 1. The second-order valence-corrected chi connectivity index (χ2v) is 4.71. The van der Waals surface area contributed by atoms with Crippen LogP contribution >= 0.6 is 11.3 Å². The highest BCUT2D eigenvalue weighted by Gasteiger charge is 2.17. The second-order valence-electron chi connectivity index (χ2n) is 3.71. The Labute approximate surface area is 92.0 Å². The number of nitrogen functional groups attached to an aromatic ring is 1. The summed E-state index contributed by atoms with van der Waals surface area (Å²) in [4.78, 5) is 9.85. The molecule has 2 N–H and O–H groups in total. The fraction of sp³-hybridized carbons (Fsp3) is 0.273. The number of aromatic nitrogens is 2. The smallest absolute Gasteiger partial charge is 0.220 e. The molecule has 4 heteroatoms. The molecule has 0 unspecified atom stereocenters. The first-order chi connectivity index (χ1) is 7.34. The number of hydrogen-bond acceptors (Lipinski definition) is 4. The molecule has 3 rings (SSSR count). The maximum absolute atomic E-state index is 5.64. The summed E-state index contributed by atoms with van der Waals surface area (Å²) in [5.41, 5.74) is 9.15. The van der Waals surface area contributed by atoms with Crippen LogP contribution in [0.4, 0.5) is 5.95 Å². The Hall–Kier alpha value is -1.42. The summed E-state index contributed by atoms with van der Waals surface area (Å²) in [6, 6.07) is 2.14. The Kier molecular flexibility index (Phi) is 1.95. The fourth-order valence-electron chi connectivity index (χ4n) is 2.02. The van der Waals surface area contributed by atoms with Crippen molar-refractivity contribution in [2.24, 2.45) is 0 Å². The lowest BCUT2D eigenvalue weighted by Crippen LogP contribution is -1.99. The lowest BCUT2D eigenvalue weighted by atomic mass is 10.1. The molecule has 0 aromatic carbocycles. The summed E-state index contributed by atoms with van der Waals surface area (Å²) in [5, 5.41) is 2.12. The summed E-state index contributed by atoms with van der Waals surface area (Å²) in [6.07, 6.45) is 5.23. The highest BCUT2D eigenvalue weighted by atomic mass is 32.1. The van der Waals surface area contributed by atoms with Gasteiger partial charge in [-0.05, 0) is 36.3 Å². The van der Waals surface area contributed by atoms with Crippen molar-refractivity contribution in [3.63, 3.8) is 0 Å². The van der Waals surface area contributed by atoms with Crippen LogP contribution in [-0.2, 0) is 12.8 Å². The van der Waals surface area contributed by atoms with Crippen LogP contribution < -0.4 is 5.73 Å². The highest BCUT2D eigenvalue weighted by Crippen LogP contribution is 2.34. The Balaban J connectivity index is 2.27. The molecule has 2 aromatic heterocycles. The van der Waals surface area contributed by atoms with Crippen molar-refractivity contribution >= 4 is 17.3 Å². The molecule has 3 nitrogen and oxygen atoms in total. The molecule has 0 saturated carbocycles. The molecule has 0 saturated heterocycles. The van der Waals surface area contributed by atoms with Crippen LogP contribution in [0.25, 0.3) is 11.3 Å². The summed E-state index contributed by atoms with van der Waals surface area (Å²) in [6.45, 7) is 0. The summed E-state index contributed by atoms with van der Waals surface area (Å²) in [7, 11) is 0. The van der Waals surface area contributed by atoms with E-state index in [0.717, 1.165) is 18.5 Å². The van der Waals surface area contributed by atoms with Gasteiger partial charge in [-0.25, -0.2) is 9.97 Å². The molecule has 1 aliphatic carbocycles. The van der Waals surface area contributed by atoms with E-state index in [0.29, 0.717) is 5.95 Å². The van der Waals surface area contributed by atoms with Crippen molar-refractivity contribution in [1.29, 1.82) is 0 Å². The van der Waals surface area contributed by atoms with Crippen molar-refractivity contribution in [2.75, 3.05) is 5.73 Å². The van der Waals surface area contributed by atoms with Gasteiger partial charge in [-0.3, -0.25) is 0 Å². The summed E-state index contributed by atoms with van der Waals surface area (Å²) >= 11 is 1.81. The molecule has 0 aliphatic heterocycles. The zero-order valence-corrected chi connectivity index (χ0v) is 9.05. The van der Waals surface area contributed by atoms with Crippen LogP contribution in [0.2, 0.25) is 0 Å². The third kappa shape index (κ3) is 1.41. The number of aryl methyl sites for hydroxylation is 2. The lowest BCUT2D eigenvalue weighted by Gasteiger charge is -2.04. The van der Waals surface area contributed by atoms with E-state index in [1.165, 1.54) is 22.4 Å². The zero-order valence-electron chi connectivity index (χ0n) is 8.23. The topological polar surface area (TPSA) is 51.8 Å². The summed E-state index contributed by atoms with van der Waals surface area (Å²) in [5.74, 6) is 0.368. The zero-order chi connectivity index (χ0) is 10.3. The molecule has 2 heterocycles. The van der Waals surface area contributed by atoms with Crippen molar-refractivity contribution in [1.82, 2.24) is 9.97 Å². The van der Waals surface area contributed by atoms with Gasteiger partial charge in [0.1, 0.15) is 0 Å². The van der Waals surface area contributed by atoms with Gasteiger partial charge in [0, 0.05) is 16.6 Å². The van der Waals surface area contributed by atoms with E-state index < -0.39 is 0 Å². The Morgan fingerprint density at radius 3 is 3.20 bits per heavy atom. The van der Waals surface area contributed by atoms with E-state index in [1.807, 2.05) is 6.20 Å². The number of anilines is 1. The van der Waals surface area contributed by atoms with Gasteiger partial charge in [0.25, 0.3) is 0 Å². The van der Waals surface area contributed by atoms with E-state index in [9.17, 15) is 0 Å². The molecular formula is C11H11N3S. The van der Waals surface area contributed by atoms with Gasteiger partial charge in [0.2, 0.25) is 5.95 Å². The van der Waals surface area contributed by atoms with Gasteiger partial charge >= 0.3 is 0 Å².